The summed E-state index contributed by atoms with van der Waals surface area (Å²) in [5, 5.41) is 10.5. The Labute approximate surface area is 99.5 Å². The molecule has 0 aliphatic rings. The molecule has 0 amide bonds. The number of nitro groups is 1. The largest absolute Gasteiger partial charge is 0.466 e. The van der Waals surface area contributed by atoms with Gasteiger partial charge in [-0.1, -0.05) is 19.1 Å². The second-order valence-corrected chi connectivity index (χ2v) is 3.76. The highest BCUT2D eigenvalue weighted by Gasteiger charge is 2.13. The van der Waals surface area contributed by atoms with Gasteiger partial charge in [-0.05, 0) is 18.4 Å². The van der Waals surface area contributed by atoms with Gasteiger partial charge in [0.05, 0.1) is 18.0 Å². The van der Waals surface area contributed by atoms with Crippen molar-refractivity contribution in [3.8, 4) is 0 Å². The molecular weight excluding hydrogens is 222 g/mol. The number of non-ortho nitro benzene ring substituents is 1. The monoisotopic (exact) mass is 237 g/mol. The normalized spacial score (nSPS) is 11.9. The van der Waals surface area contributed by atoms with Crippen molar-refractivity contribution in [2.75, 3.05) is 6.61 Å². The van der Waals surface area contributed by atoms with Gasteiger partial charge in [-0.15, -0.1) is 0 Å². The number of nitro benzene ring substituents is 1. The Morgan fingerprint density at radius 1 is 1.41 bits per heavy atom. The zero-order valence-corrected chi connectivity index (χ0v) is 9.88. The van der Waals surface area contributed by atoms with E-state index in [-0.39, 0.29) is 24.0 Å². The number of ether oxygens (including phenoxy) is 1. The Morgan fingerprint density at radius 2 is 2.00 bits per heavy atom. The van der Waals surface area contributed by atoms with E-state index >= 15 is 0 Å². The summed E-state index contributed by atoms with van der Waals surface area (Å²) >= 11 is 0. The number of nitrogens with zero attached hydrogens (tertiary/aromatic N) is 1. The maximum atomic E-state index is 11.3. The van der Waals surface area contributed by atoms with Crippen molar-refractivity contribution < 1.29 is 14.5 Å². The van der Waals surface area contributed by atoms with E-state index in [1.807, 2.05) is 6.92 Å². The molecule has 0 N–H and O–H groups in total. The second kappa shape index (κ2) is 5.98. The van der Waals surface area contributed by atoms with Crippen molar-refractivity contribution in [1.29, 1.82) is 0 Å². The lowest BCUT2D eigenvalue weighted by Crippen LogP contribution is -2.08. The van der Waals surface area contributed by atoms with Gasteiger partial charge < -0.3 is 4.74 Å². The first-order valence-electron chi connectivity index (χ1n) is 5.44. The summed E-state index contributed by atoms with van der Waals surface area (Å²) < 4.78 is 4.85. The van der Waals surface area contributed by atoms with Gasteiger partial charge in [-0.2, -0.15) is 0 Å². The first-order valence-corrected chi connectivity index (χ1v) is 5.44. The molecule has 0 bridgehead atoms. The second-order valence-electron chi connectivity index (χ2n) is 3.76. The fourth-order valence-electron chi connectivity index (χ4n) is 1.51. The molecule has 0 aliphatic carbocycles. The van der Waals surface area contributed by atoms with Crippen LogP contribution in [0, 0.1) is 10.1 Å². The number of benzene rings is 1. The molecular formula is C12H15NO4. The lowest BCUT2D eigenvalue weighted by atomic mass is 9.98. The molecule has 1 rings (SSSR count). The molecule has 0 aromatic heterocycles. The number of hydrogen-bond acceptors (Lipinski definition) is 4. The molecule has 17 heavy (non-hydrogen) atoms. The Balaban J connectivity index is 2.66. The molecule has 0 radical (unpaired) electrons. The highest BCUT2D eigenvalue weighted by atomic mass is 16.6. The molecule has 0 heterocycles. The van der Waals surface area contributed by atoms with Gasteiger partial charge in [-0.3, -0.25) is 14.9 Å². The summed E-state index contributed by atoms with van der Waals surface area (Å²) in [5.41, 5.74) is 0.945. The predicted octanol–water partition coefficient (Wildman–Crippen LogP) is 2.65. The van der Waals surface area contributed by atoms with Crippen molar-refractivity contribution in [2.24, 2.45) is 0 Å². The Morgan fingerprint density at radius 3 is 2.47 bits per heavy atom. The van der Waals surface area contributed by atoms with Gasteiger partial charge in [0.25, 0.3) is 5.69 Å². The molecule has 0 fully saturated rings. The highest BCUT2D eigenvalue weighted by molar-refractivity contribution is 5.70. The SMILES string of the molecule is CCOC(=O)C[C@@H](C)c1ccc([N+](=O)[O-])cc1. The zero-order valence-electron chi connectivity index (χ0n) is 9.88. The van der Waals surface area contributed by atoms with Crippen LogP contribution in [0.25, 0.3) is 0 Å². The average Bonchev–Trinajstić information content (AvgIpc) is 2.29. The number of rotatable bonds is 5. The minimum atomic E-state index is -0.445. The van der Waals surface area contributed by atoms with Crippen molar-refractivity contribution in [3.05, 3.63) is 39.9 Å². The molecule has 1 aromatic carbocycles. The van der Waals surface area contributed by atoms with Gasteiger partial charge in [0.2, 0.25) is 0 Å². The number of esters is 1. The van der Waals surface area contributed by atoms with E-state index in [0.717, 1.165) is 5.56 Å². The van der Waals surface area contributed by atoms with Gasteiger partial charge in [0.15, 0.2) is 0 Å². The van der Waals surface area contributed by atoms with Crippen LogP contribution in [0.5, 0.6) is 0 Å². The lowest BCUT2D eigenvalue weighted by Gasteiger charge is -2.10. The third-order valence-corrected chi connectivity index (χ3v) is 2.45. The smallest absolute Gasteiger partial charge is 0.306 e. The van der Waals surface area contributed by atoms with Gasteiger partial charge in [-0.25, -0.2) is 0 Å². The van der Waals surface area contributed by atoms with Crippen LogP contribution in [0.4, 0.5) is 5.69 Å². The molecule has 1 aromatic rings. The fourth-order valence-corrected chi connectivity index (χ4v) is 1.51. The first kappa shape index (κ1) is 13.2. The summed E-state index contributed by atoms with van der Waals surface area (Å²) in [4.78, 5) is 21.3. The molecule has 0 aliphatic heterocycles. The van der Waals surface area contributed by atoms with E-state index in [1.54, 1.807) is 19.1 Å². The van der Waals surface area contributed by atoms with Crippen molar-refractivity contribution in [3.63, 3.8) is 0 Å². The summed E-state index contributed by atoms with van der Waals surface area (Å²) in [5.74, 6) is -0.256. The van der Waals surface area contributed by atoms with Crippen molar-refractivity contribution >= 4 is 11.7 Å². The third kappa shape index (κ3) is 3.86. The maximum absolute atomic E-state index is 11.3. The van der Waals surface area contributed by atoms with E-state index in [1.165, 1.54) is 12.1 Å². The van der Waals surface area contributed by atoms with Crippen LogP contribution in [0.15, 0.2) is 24.3 Å². The predicted molar refractivity (Wildman–Crippen MR) is 62.8 cm³/mol. The summed E-state index contributed by atoms with van der Waals surface area (Å²) in [6.45, 7) is 4.01. The standard InChI is InChI=1S/C12H15NO4/c1-3-17-12(14)8-9(2)10-4-6-11(7-5-10)13(15)16/h4-7,9H,3,8H2,1-2H3/t9-/m1/s1. The Bertz CT molecular complexity index is 399. The Kier molecular flexibility index (Phi) is 4.63. The molecule has 0 unspecified atom stereocenters. The van der Waals surface area contributed by atoms with E-state index in [0.29, 0.717) is 6.61 Å². The van der Waals surface area contributed by atoms with E-state index in [4.69, 9.17) is 4.74 Å². The number of carbonyl (C=O) groups is 1. The summed E-state index contributed by atoms with van der Waals surface area (Å²) in [6.07, 6.45) is 0.283. The summed E-state index contributed by atoms with van der Waals surface area (Å²) in [6, 6.07) is 6.22. The average molecular weight is 237 g/mol. The van der Waals surface area contributed by atoms with Crippen LogP contribution < -0.4 is 0 Å². The topological polar surface area (TPSA) is 69.4 Å². The summed E-state index contributed by atoms with van der Waals surface area (Å²) in [7, 11) is 0. The molecule has 1 atom stereocenters. The van der Waals surface area contributed by atoms with E-state index in [9.17, 15) is 14.9 Å². The maximum Gasteiger partial charge on any atom is 0.306 e. The third-order valence-electron chi connectivity index (χ3n) is 2.45. The molecule has 5 heteroatoms. The highest BCUT2D eigenvalue weighted by Crippen LogP contribution is 2.22. The first-order chi connectivity index (χ1) is 8.04. The van der Waals surface area contributed by atoms with Gasteiger partial charge in [0.1, 0.15) is 0 Å². The molecule has 92 valence electrons. The van der Waals surface area contributed by atoms with Crippen LogP contribution in [0.3, 0.4) is 0 Å². The molecule has 0 saturated heterocycles. The van der Waals surface area contributed by atoms with Crippen LogP contribution in [-0.2, 0) is 9.53 Å². The Hall–Kier alpha value is -1.91. The van der Waals surface area contributed by atoms with E-state index < -0.39 is 4.92 Å². The van der Waals surface area contributed by atoms with E-state index in [2.05, 4.69) is 0 Å². The van der Waals surface area contributed by atoms with Crippen LogP contribution in [-0.4, -0.2) is 17.5 Å². The van der Waals surface area contributed by atoms with Crippen LogP contribution in [0.2, 0.25) is 0 Å². The molecule has 5 nitrogen and oxygen atoms in total. The molecule has 0 spiro atoms. The van der Waals surface area contributed by atoms with Crippen molar-refractivity contribution in [1.82, 2.24) is 0 Å². The number of carbonyl (C=O) groups excluding carboxylic acids is 1. The fraction of sp³-hybridized carbons (Fsp3) is 0.417. The van der Waals surface area contributed by atoms with Crippen molar-refractivity contribution in [2.45, 2.75) is 26.2 Å². The minimum absolute atomic E-state index is 0.00476. The lowest BCUT2D eigenvalue weighted by molar-refractivity contribution is -0.384. The van der Waals surface area contributed by atoms with Gasteiger partial charge in [0, 0.05) is 12.1 Å². The van der Waals surface area contributed by atoms with Gasteiger partial charge >= 0.3 is 5.97 Å². The molecule has 0 saturated carbocycles. The van der Waals surface area contributed by atoms with Crippen LogP contribution >= 0.6 is 0 Å². The quantitative estimate of drug-likeness (QED) is 0.448. The minimum Gasteiger partial charge on any atom is -0.466 e. The number of hydrogen-bond donors (Lipinski definition) is 0. The van der Waals surface area contributed by atoms with Crippen LogP contribution in [0.1, 0.15) is 31.7 Å². The zero-order chi connectivity index (χ0) is 12.8.